The van der Waals surface area contributed by atoms with E-state index in [-0.39, 0.29) is 10.9 Å². The van der Waals surface area contributed by atoms with E-state index in [1.807, 2.05) is 0 Å². The van der Waals surface area contributed by atoms with Crippen molar-refractivity contribution >= 4 is 22.8 Å². The molecule has 0 saturated carbocycles. The van der Waals surface area contributed by atoms with Crippen molar-refractivity contribution in [2.75, 3.05) is 5.75 Å². The number of carboxylic acids is 1. The Labute approximate surface area is 63.1 Å². The number of hydrogen-bond acceptors (Lipinski definition) is 3. The maximum Gasteiger partial charge on any atom is 0.313 e. The Hall–Kier alpha value is -0.770. The lowest BCUT2D eigenvalue weighted by atomic mass is 10.4. The largest absolute Gasteiger partial charge is 0.481 e. The second kappa shape index (κ2) is 4.11. The van der Waals surface area contributed by atoms with Gasteiger partial charge in [-0.15, -0.1) is 0 Å². The summed E-state index contributed by atoms with van der Waals surface area (Å²) in [4.78, 5) is 20.6. The minimum Gasteiger partial charge on any atom is -0.481 e. The van der Waals surface area contributed by atoms with Crippen molar-refractivity contribution in [3.8, 4) is 0 Å². The molecule has 0 unspecified atom stereocenters. The molecule has 1 N–H and O–H groups in total. The third-order valence-corrected chi connectivity index (χ3v) is 1.68. The van der Waals surface area contributed by atoms with Crippen molar-refractivity contribution < 1.29 is 14.7 Å². The van der Waals surface area contributed by atoms with Crippen LogP contribution in [-0.2, 0) is 9.59 Å². The number of aliphatic carboxylic acids is 1. The molecule has 0 aliphatic carbocycles. The van der Waals surface area contributed by atoms with E-state index in [1.54, 1.807) is 6.92 Å². The highest BCUT2D eigenvalue weighted by molar-refractivity contribution is 8.14. The van der Waals surface area contributed by atoms with Gasteiger partial charge in [0.1, 0.15) is 0 Å². The van der Waals surface area contributed by atoms with Crippen LogP contribution in [0.4, 0.5) is 0 Å². The molecular weight excluding hydrogens is 152 g/mol. The number of carbonyl (C=O) groups excluding carboxylic acids is 1. The summed E-state index contributed by atoms with van der Waals surface area (Å²) in [6, 6.07) is 0. The molecule has 10 heavy (non-hydrogen) atoms. The normalized spacial score (nSPS) is 8.90. The molecule has 0 radical (unpaired) electrons. The van der Waals surface area contributed by atoms with E-state index in [2.05, 4.69) is 6.58 Å². The number of carboxylic acid groups (broad SMARTS) is 1. The van der Waals surface area contributed by atoms with Crippen LogP contribution < -0.4 is 0 Å². The van der Waals surface area contributed by atoms with Gasteiger partial charge in [-0.25, -0.2) is 0 Å². The smallest absolute Gasteiger partial charge is 0.313 e. The minimum atomic E-state index is -0.986. The summed E-state index contributed by atoms with van der Waals surface area (Å²) in [5.41, 5.74) is 0.381. The Bertz CT molecular complexity index is 174. The first kappa shape index (κ1) is 9.23. The van der Waals surface area contributed by atoms with Gasteiger partial charge in [-0.05, 0) is 12.5 Å². The van der Waals surface area contributed by atoms with Gasteiger partial charge in [-0.3, -0.25) is 9.59 Å². The molecule has 3 nitrogen and oxygen atoms in total. The lowest BCUT2D eigenvalue weighted by Gasteiger charge is -1.93. The Morgan fingerprint density at radius 2 is 2.10 bits per heavy atom. The second-order valence-electron chi connectivity index (χ2n) is 1.75. The third kappa shape index (κ3) is 4.14. The monoisotopic (exact) mass is 160 g/mol. The van der Waals surface area contributed by atoms with Gasteiger partial charge >= 0.3 is 5.97 Å². The molecule has 4 heteroatoms. The molecule has 0 aromatic rings. The molecule has 0 aromatic carbocycles. The van der Waals surface area contributed by atoms with Crippen LogP contribution >= 0.6 is 11.8 Å². The van der Waals surface area contributed by atoms with Crippen molar-refractivity contribution in [3.63, 3.8) is 0 Å². The van der Waals surface area contributed by atoms with E-state index < -0.39 is 5.97 Å². The van der Waals surface area contributed by atoms with E-state index in [0.717, 1.165) is 11.8 Å². The number of hydrogen-bond donors (Lipinski definition) is 1. The van der Waals surface area contributed by atoms with Crippen LogP contribution in [0.3, 0.4) is 0 Å². The minimum absolute atomic E-state index is 0.189. The quantitative estimate of drug-likeness (QED) is 0.623. The Kier molecular flexibility index (Phi) is 3.79. The number of carbonyl (C=O) groups is 2. The standard InChI is InChI=1S/C6H8O3S/c1-4(2)6(9)10-3-5(7)8/h1,3H2,2H3,(H,7,8). The van der Waals surface area contributed by atoms with Crippen LogP contribution in [0.5, 0.6) is 0 Å². The third-order valence-electron chi connectivity index (χ3n) is 0.675. The highest BCUT2D eigenvalue weighted by Crippen LogP contribution is 2.07. The molecule has 0 bridgehead atoms. The molecule has 0 rings (SSSR count). The SMILES string of the molecule is C=C(C)C(=O)SCC(=O)O. The van der Waals surface area contributed by atoms with Crippen LogP contribution in [0.2, 0.25) is 0 Å². The van der Waals surface area contributed by atoms with Crippen LogP contribution in [0.1, 0.15) is 6.92 Å². The zero-order valence-corrected chi connectivity index (χ0v) is 6.40. The molecule has 56 valence electrons. The average molecular weight is 160 g/mol. The van der Waals surface area contributed by atoms with Crippen molar-refractivity contribution in [1.82, 2.24) is 0 Å². The van der Waals surface area contributed by atoms with Gasteiger partial charge in [-0.1, -0.05) is 18.3 Å². The van der Waals surface area contributed by atoms with Crippen LogP contribution in [-0.4, -0.2) is 21.9 Å². The molecule has 0 aliphatic heterocycles. The van der Waals surface area contributed by atoms with Crippen LogP contribution in [0.25, 0.3) is 0 Å². The van der Waals surface area contributed by atoms with Crippen LogP contribution in [0.15, 0.2) is 12.2 Å². The fourth-order valence-corrected chi connectivity index (χ4v) is 0.751. The first-order chi connectivity index (χ1) is 4.54. The highest BCUT2D eigenvalue weighted by Gasteiger charge is 2.05. The first-order valence-corrected chi connectivity index (χ1v) is 3.57. The maximum atomic E-state index is 10.6. The molecule has 0 spiro atoms. The highest BCUT2D eigenvalue weighted by atomic mass is 32.2. The summed E-state index contributed by atoms with van der Waals surface area (Å²) >= 11 is 0.755. The lowest BCUT2D eigenvalue weighted by molar-refractivity contribution is -0.134. The summed E-state index contributed by atoms with van der Waals surface area (Å²) in [7, 11) is 0. The maximum absolute atomic E-state index is 10.6. The lowest BCUT2D eigenvalue weighted by Crippen LogP contribution is -2.02. The summed E-state index contributed by atoms with van der Waals surface area (Å²) in [6.07, 6.45) is 0. The van der Waals surface area contributed by atoms with Gasteiger partial charge in [0.05, 0.1) is 5.75 Å². The van der Waals surface area contributed by atoms with Gasteiger partial charge in [0.15, 0.2) is 0 Å². The number of thioether (sulfide) groups is 1. The van der Waals surface area contributed by atoms with Crippen molar-refractivity contribution in [1.29, 1.82) is 0 Å². The predicted molar refractivity (Wildman–Crippen MR) is 39.9 cm³/mol. The Morgan fingerprint density at radius 3 is 2.40 bits per heavy atom. The summed E-state index contributed by atoms with van der Waals surface area (Å²) < 4.78 is 0. The van der Waals surface area contributed by atoms with Gasteiger partial charge in [0.2, 0.25) is 5.12 Å². The molecule has 0 saturated heterocycles. The second-order valence-corrected chi connectivity index (χ2v) is 2.70. The Balaban J connectivity index is 3.60. The first-order valence-electron chi connectivity index (χ1n) is 2.58. The molecule has 0 amide bonds. The Morgan fingerprint density at radius 1 is 1.60 bits per heavy atom. The van der Waals surface area contributed by atoms with Crippen molar-refractivity contribution in [3.05, 3.63) is 12.2 Å². The molecule has 0 atom stereocenters. The fourth-order valence-electron chi connectivity index (χ4n) is 0.250. The molecule has 0 aliphatic rings. The van der Waals surface area contributed by atoms with Gasteiger partial charge < -0.3 is 5.11 Å². The fraction of sp³-hybridized carbons (Fsp3) is 0.333. The molecular formula is C6H8O3S. The van der Waals surface area contributed by atoms with Crippen molar-refractivity contribution in [2.24, 2.45) is 0 Å². The summed E-state index contributed by atoms with van der Waals surface area (Å²) in [6.45, 7) is 4.92. The average Bonchev–Trinajstić information content (AvgIpc) is 1.82. The zero-order chi connectivity index (χ0) is 8.15. The molecule has 0 heterocycles. The zero-order valence-electron chi connectivity index (χ0n) is 5.59. The van der Waals surface area contributed by atoms with Crippen LogP contribution in [0, 0.1) is 0 Å². The van der Waals surface area contributed by atoms with Crippen molar-refractivity contribution in [2.45, 2.75) is 6.92 Å². The molecule has 0 aromatic heterocycles. The van der Waals surface area contributed by atoms with E-state index in [0.29, 0.717) is 5.57 Å². The number of rotatable bonds is 3. The van der Waals surface area contributed by atoms with E-state index >= 15 is 0 Å². The van der Waals surface area contributed by atoms with E-state index in [9.17, 15) is 9.59 Å². The predicted octanol–water partition coefficient (Wildman–Crippen LogP) is 0.907. The van der Waals surface area contributed by atoms with E-state index in [1.165, 1.54) is 0 Å². The molecule has 0 fully saturated rings. The summed E-state index contributed by atoms with van der Waals surface area (Å²) in [5.74, 6) is -1.18. The van der Waals surface area contributed by atoms with Gasteiger partial charge in [0, 0.05) is 0 Å². The van der Waals surface area contributed by atoms with Gasteiger partial charge in [0.25, 0.3) is 0 Å². The van der Waals surface area contributed by atoms with E-state index in [4.69, 9.17) is 5.11 Å². The topological polar surface area (TPSA) is 54.4 Å². The summed E-state index contributed by atoms with van der Waals surface area (Å²) in [5, 5.41) is 7.88. The van der Waals surface area contributed by atoms with Gasteiger partial charge in [-0.2, -0.15) is 0 Å².